The van der Waals surface area contributed by atoms with E-state index in [4.69, 9.17) is 4.42 Å². The summed E-state index contributed by atoms with van der Waals surface area (Å²) in [5, 5.41) is 17.2. The number of hydrogen-bond acceptors (Lipinski definition) is 5. The minimum atomic E-state index is -1.04. The van der Waals surface area contributed by atoms with Gasteiger partial charge in [-0.05, 0) is 60.2 Å². The van der Waals surface area contributed by atoms with Gasteiger partial charge in [-0.15, -0.1) is 0 Å². The number of rotatable bonds is 12. The van der Waals surface area contributed by atoms with E-state index < -0.39 is 29.7 Å². The smallest absolute Gasteiger partial charge is 0.253 e. The van der Waals surface area contributed by atoms with Crippen molar-refractivity contribution in [3.8, 4) is 0 Å². The summed E-state index contributed by atoms with van der Waals surface area (Å²) in [7, 11) is 0. The van der Waals surface area contributed by atoms with Gasteiger partial charge in [0.1, 0.15) is 17.2 Å². The number of nitrogens with zero attached hydrogens (tertiary/aromatic N) is 1. The number of aliphatic hydroxyl groups excluding tert-OH is 1. The second-order valence-corrected chi connectivity index (χ2v) is 9.44. The molecule has 2 atom stereocenters. The molecule has 3 aromatic carbocycles. The van der Waals surface area contributed by atoms with Crippen LogP contribution in [-0.4, -0.2) is 34.7 Å². The van der Waals surface area contributed by atoms with Crippen LogP contribution in [0.4, 0.5) is 8.78 Å². The van der Waals surface area contributed by atoms with Gasteiger partial charge in [-0.25, -0.2) is 13.8 Å². The Labute approximate surface area is 221 Å². The Morgan fingerprint density at radius 3 is 2.47 bits per heavy atom. The number of oxazole rings is 1. The largest absolute Gasteiger partial charge is 0.441 e. The van der Waals surface area contributed by atoms with Crippen molar-refractivity contribution in [1.29, 1.82) is 0 Å². The van der Waals surface area contributed by atoms with Crippen LogP contribution in [0, 0.1) is 11.6 Å². The summed E-state index contributed by atoms with van der Waals surface area (Å²) < 4.78 is 33.5. The summed E-state index contributed by atoms with van der Waals surface area (Å²) in [6, 6.07) is 15.6. The standard InChI is InChI=1S/C30H33F2N3O3/c1-3-7-28-35-29-24(10-6-11-27(29)38-28)30(37)34-25(15-21-13-22(31)16-23(32)14-21)26(36)18-33-17-20-9-5-8-19(4-2)12-20/h5-6,8-14,16,25-26,33,36H,3-4,7,15,17-18H2,1-2H3,(H,34,37). The third-order valence-electron chi connectivity index (χ3n) is 6.41. The number of aromatic nitrogens is 1. The first-order valence-electron chi connectivity index (χ1n) is 13.0. The number of benzene rings is 3. The fraction of sp³-hybridized carbons (Fsp3) is 0.333. The first kappa shape index (κ1) is 27.4. The number of amides is 1. The molecule has 4 rings (SSSR count). The maximum atomic E-state index is 13.9. The lowest BCUT2D eigenvalue weighted by atomic mass is 9.99. The number of carbonyl (C=O) groups excluding carboxylic acids is 1. The summed E-state index contributed by atoms with van der Waals surface area (Å²) in [5.41, 5.74) is 3.86. The maximum absolute atomic E-state index is 13.9. The van der Waals surface area contributed by atoms with Crippen molar-refractivity contribution in [2.45, 2.75) is 58.2 Å². The normalized spacial score (nSPS) is 13.0. The van der Waals surface area contributed by atoms with Crippen LogP contribution in [0.25, 0.3) is 11.1 Å². The molecule has 8 heteroatoms. The van der Waals surface area contributed by atoms with E-state index in [0.717, 1.165) is 24.5 Å². The van der Waals surface area contributed by atoms with Crippen molar-refractivity contribution in [1.82, 2.24) is 15.6 Å². The lowest BCUT2D eigenvalue weighted by Gasteiger charge is -2.25. The van der Waals surface area contributed by atoms with Crippen LogP contribution in [0.2, 0.25) is 0 Å². The number of halogens is 2. The fourth-order valence-corrected chi connectivity index (χ4v) is 4.48. The molecule has 1 heterocycles. The third kappa shape index (κ3) is 7.02. The molecule has 0 radical (unpaired) electrons. The highest BCUT2D eigenvalue weighted by atomic mass is 19.1. The number of aliphatic hydroxyl groups is 1. The van der Waals surface area contributed by atoms with Crippen LogP contribution >= 0.6 is 0 Å². The van der Waals surface area contributed by atoms with Gasteiger partial charge in [0.2, 0.25) is 0 Å². The van der Waals surface area contributed by atoms with E-state index in [9.17, 15) is 18.7 Å². The number of nitrogens with one attached hydrogen (secondary N) is 2. The van der Waals surface area contributed by atoms with E-state index in [1.807, 2.05) is 19.1 Å². The molecule has 0 aliphatic heterocycles. The zero-order chi connectivity index (χ0) is 27.1. The van der Waals surface area contributed by atoms with E-state index in [1.54, 1.807) is 18.2 Å². The zero-order valence-corrected chi connectivity index (χ0v) is 21.6. The molecule has 0 bridgehead atoms. The number of hydrogen-bond donors (Lipinski definition) is 3. The highest BCUT2D eigenvalue weighted by molar-refractivity contribution is 6.04. The topological polar surface area (TPSA) is 87.4 Å². The van der Waals surface area contributed by atoms with Crippen LogP contribution in [0.1, 0.15) is 53.2 Å². The van der Waals surface area contributed by atoms with Crippen molar-refractivity contribution < 1.29 is 23.1 Å². The predicted octanol–water partition coefficient (Wildman–Crippen LogP) is 5.11. The highest BCUT2D eigenvalue weighted by Crippen LogP contribution is 2.21. The van der Waals surface area contributed by atoms with Gasteiger partial charge in [0.15, 0.2) is 11.5 Å². The van der Waals surface area contributed by atoms with Crippen LogP contribution in [0.15, 0.2) is 65.1 Å². The summed E-state index contributed by atoms with van der Waals surface area (Å²) in [4.78, 5) is 17.8. The molecule has 2 unspecified atom stereocenters. The van der Waals surface area contributed by atoms with Crippen LogP contribution in [-0.2, 0) is 25.8 Å². The van der Waals surface area contributed by atoms with Crippen molar-refractivity contribution in [3.05, 3.63) is 100 Å². The zero-order valence-electron chi connectivity index (χ0n) is 21.6. The summed E-state index contributed by atoms with van der Waals surface area (Å²) in [6.07, 6.45) is 1.42. The average molecular weight is 522 g/mol. The minimum Gasteiger partial charge on any atom is -0.441 e. The molecule has 4 aromatic rings. The first-order chi connectivity index (χ1) is 18.4. The van der Waals surface area contributed by atoms with Gasteiger partial charge >= 0.3 is 0 Å². The Balaban J connectivity index is 1.52. The Morgan fingerprint density at radius 1 is 1.00 bits per heavy atom. The number of fused-ring (bicyclic) bond motifs is 1. The van der Waals surface area contributed by atoms with Crippen molar-refractivity contribution >= 4 is 17.0 Å². The molecule has 0 aliphatic carbocycles. The van der Waals surface area contributed by atoms with E-state index in [0.29, 0.717) is 41.1 Å². The molecule has 38 heavy (non-hydrogen) atoms. The SMILES string of the molecule is CCCc1nc2c(C(=O)NC(Cc3cc(F)cc(F)c3)C(O)CNCc3cccc(CC)c3)cccc2o1. The highest BCUT2D eigenvalue weighted by Gasteiger charge is 2.25. The molecule has 3 N–H and O–H groups in total. The monoisotopic (exact) mass is 521 g/mol. The van der Waals surface area contributed by atoms with E-state index in [1.165, 1.54) is 17.7 Å². The minimum absolute atomic E-state index is 0.0322. The molecular formula is C30H33F2N3O3. The van der Waals surface area contributed by atoms with Gasteiger partial charge in [-0.2, -0.15) is 0 Å². The van der Waals surface area contributed by atoms with Crippen molar-refractivity contribution in [3.63, 3.8) is 0 Å². The lowest BCUT2D eigenvalue weighted by Crippen LogP contribution is -2.48. The average Bonchev–Trinajstić information content (AvgIpc) is 3.30. The van der Waals surface area contributed by atoms with E-state index in [2.05, 4.69) is 34.7 Å². The van der Waals surface area contributed by atoms with Gasteiger partial charge in [0, 0.05) is 25.6 Å². The fourth-order valence-electron chi connectivity index (χ4n) is 4.48. The van der Waals surface area contributed by atoms with E-state index in [-0.39, 0.29) is 13.0 Å². The van der Waals surface area contributed by atoms with E-state index >= 15 is 0 Å². The molecule has 0 spiro atoms. The molecule has 0 aliphatic rings. The molecule has 0 saturated heterocycles. The Kier molecular flexibility index (Phi) is 9.20. The van der Waals surface area contributed by atoms with Gasteiger partial charge in [-0.1, -0.05) is 44.2 Å². The van der Waals surface area contributed by atoms with Gasteiger partial charge in [0.25, 0.3) is 5.91 Å². The summed E-state index contributed by atoms with van der Waals surface area (Å²) >= 11 is 0. The summed E-state index contributed by atoms with van der Waals surface area (Å²) in [5.74, 6) is -1.34. The Bertz CT molecular complexity index is 1370. The van der Waals surface area contributed by atoms with Crippen molar-refractivity contribution in [2.75, 3.05) is 6.54 Å². The van der Waals surface area contributed by atoms with Gasteiger partial charge in [-0.3, -0.25) is 4.79 Å². The lowest BCUT2D eigenvalue weighted by molar-refractivity contribution is 0.0831. The summed E-state index contributed by atoms with van der Waals surface area (Å²) in [6.45, 7) is 4.79. The number of para-hydroxylation sites is 1. The van der Waals surface area contributed by atoms with Gasteiger partial charge in [0.05, 0.1) is 17.7 Å². The molecule has 1 amide bonds. The second kappa shape index (κ2) is 12.8. The van der Waals surface area contributed by atoms with Gasteiger partial charge < -0.3 is 20.2 Å². The predicted molar refractivity (Wildman–Crippen MR) is 143 cm³/mol. The quantitative estimate of drug-likeness (QED) is 0.241. The Hall–Kier alpha value is -3.62. The van der Waals surface area contributed by atoms with Crippen LogP contribution < -0.4 is 10.6 Å². The third-order valence-corrected chi connectivity index (χ3v) is 6.41. The molecule has 0 saturated carbocycles. The maximum Gasteiger partial charge on any atom is 0.253 e. The molecule has 200 valence electrons. The van der Waals surface area contributed by atoms with Crippen LogP contribution in [0.5, 0.6) is 0 Å². The van der Waals surface area contributed by atoms with Crippen molar-refractivity contribution in [2.24, 2.45) is 0 Å². The number of carbonyl (C=O) groups is 1. The second-order valence-electron chi connectivity index (χ2n) is 9.44. The Morgan fingerprint density at radius 2 is 1.74 bits per heavy atom. The molecule has 6 nitrogen and oxygen atoms in total. The molecule has 1 aromatic heterocycles. The van der Waals surface area contributed by atoms with Crippen LogP contribution in [0.3, 0.4) is 0 Å². The first-order valence-corrected chi connectivity index (χ1v) is 13.0. The molecular weight excluding hydrogens is 488 g/mol. The number of aryl methyl sites for hydroxylation is 2. The molecule has 0 fully saturated rings.